The number of piperidine rings is 1. The van der Waals surface area contributed by atoms with Crippen molar-refractivity contribution in [2.75, 3.05) is 0 Å². The monoisotopic (exact) mass is 153 g/mol. The number of carbonyl (C=O) groups is 1. The summed E-state index contributed by atoms with van der Waals surface area (Å²) in [5.74, 6) is 0.213. The fourth-order valence-electron chi connectivity index (χ4n) is 1.42. The molecule has 1 atom stereocenters. The van der Waals surface area contributed by atoms with Crippen LogP contribution in [0.2, 0.25) is 0 Å². The molecule has 1 unspecified atom stereocenters. The smallest absolute Gasteiger partial charge is 0.220 e. The van der Waals surface area contributed by atoms with Crippen LogP contribution in [0.4, 0.5) is 0 Å². The Labute approximate surface area is 67.7 Å². The predicted molar refractivity (Wildman–Crippen MR) is 45.2 cm³/mol. The summed E-state index contributed by atoms with van der Waals surface area (Å²) in [5.41, 5.74) is 0. The summed E-state index contributed by atoms with van der Waals surface area (Å²) in [6, 6.07) is 0.411. The molecule has 0 aliphatic carbocycles. The Morgan fingerprint density at radius 3 is 3.18 bits per heavy atom. The predicted octanol–water partition coefficient (Wildman–Crippen LogP) is 1.62. The fraction of sp³-hybridized carbons (Fsp3) is 0.667. The van der Waals surface area contributed by atoms with Gasteiger partial charge >= 0.3 is 0 Å². The molecule has 1 N–H and O–H groups in total. The van der Waals surface area contributed by atoms with E-state index in [1.54, 1.807) is 0 Å². The lowest BCUT2D eigenvalue weighted by molar-refractivity contribution is -0.123. The lowest BCUT2D eigenvalue weighted by atomic mass is 10.0. The third-order valence-electron chi connectivity index (χ3n) is 2.04. The maximum absolute atomic E-state index is 10.9. The summed E-state index contributed by atoms with van der Waals surface area (Å²) in [7, 11) is 0. The zero-order valence-corrected chi connectivity index (χ0v) is 6.81. The van der Waals surface area contributed by atoms with E-state index in [4.69, 9.17) is 0 Å². The molecular formula is C9H15NO. The average Bonchev–Trinajstić information content (AvgIpc) is 2.01. The van der Waals surface area contributed by atoms with Gasteiger partial charge < -0.3 is 5.32 Å². The summed E-state index contributed by atoms with van der Waals surface area (Å²) in [5, 5.41) is 2.96. The lowest BCUT2D eigenvalue weighted by Crippen LogP contribution is -2.38. The van der Waals surface area contributed by atoms with Gasteiger partial charge in [0.2, 0.25) is 5.91 Å². The number of nitrogens with one attached hydrogen (secondary N) is 1. The van der Waals surface area contributed by atoms with E-state index >= 15 is 0 Å². The molecule has 1 fully saturated rings. The lowest BCUT2D eigenvalue weighted by Gasteiger charge is -2.22. The van der Waals surface area contributed by atoms with Crippen molar-refractivity contribution in [2.45, 2.75) is 38.1 Å². The van der Waals surface area contributed by atoms with Gasteiger partial charge in [-0.2, -0.15) is 0 Å². The van der Waals surface area contributed by atoms with Crippen LogP contribution in [0.5, 0.6) is 0 Å². The van der Waals surface area contributed by atoms with E-state index in [-0.39, 0.29) is 5.91 Å². The van der Waals surface area contributed by atoms with Gasteiger partial charge in [-0.1, -0.05) is 6.08 Å². The number of hydrogen-bond acceptors (Lipinski definition) is 1. The molecule has 0 aromatic carbocycles. The quantitative estimate of drug-likeness (QED) is 0.613. The van der Waals surface area contributed by atoms with Crippen LogP contribution in [0.1, 0.15) is 32.1 Å². The van der Waals surface area contributed by atoms with E-state index in [0.717, 1.165) is 25.7 Å². The Hall–Kier alpha value is -0.790. The first kappa shape index (κ1) is 8.31. The molecule has 0 spiro atoms. The van der Waals surface area contributed by atoms with Crippen molar-refractivity contribution in [2.24, 2.45) is 0 Å². The van der Waals surface area contributed by atoms with Crippen molar-refractivity contribution in [3.05, 3.63) is 12.7 Å². The van der Waals surface area contributed by atoms with E-state index in [1.165, 1.54) is 0 Å². The molecule has 1 aliphatic heterocycles. The van der Waals surface area contributed by atoms with Crippen molar-refractivity contribution < 1.29 is 4.79 Å². The van der Waals surface area contributed by atoms with Gasteiger partial charge in [0.25, 0.3) is 0 Å². The summed E-state index contributed by atoms with van der Waals surface area (Å²) < 4.78 is 0. The molecule has 0 bridgehead atoms. The first-order valence-electron chi connectivity index (χ1n) is 4.23. The second-order valence-electron chi connectivity index (χ2n) is 3.02. The number of allylic oxidation sites excluding steroid dienone is 1. The highest BCUT2D eigenvalue weighted by Crippen LogP contribution is 2.12. The van der Waals surface area contributed by atoms with Gasteiger partial charge in [0, 0.05) is 12.5 Å². The average molecular weight is 153 g/mol. The number of rotatable bonds is 3. The molecular weight excluding hydrogens is 138 g/mol. The van der Waals surface area contributed by atoms with Crippen molar-refractivity contribution >= 4 is 5.91 Å². The fourth-order valence-corrected chi connectivity index (χ4v) is 1.42. The highest BCUT2D eigenvalue weighted by Gasteiger charge is 2.16. The molecule has 1 heterocycles. The molecule has 1 aliphatic rings. The minimum Gasteiger partial charge on any atom is -0.353 e. The van der Waals surface area contributed by atoms with E-state index in [2.05, 4.69) is 11.9 Å². The van der Waals surface area contributed by atoms with Crippen molar-refractivity contribution in [1.29, 1.82) is 0 Å². The molecule has 0 saturated carbocycles. The number of amides is 1. The SMILES string of the molecule is C=CCCC1CCCC(=O)N1. The van der Waals surface area contributed by atoms with Crippen LogP contribution in [0.25, 0.3) is 0 Å². The van der Waals surface area contributed by atoms with Crippen molar-refractivity contribution in [1.82, 2.24) is 5.32 Å². The van der Waals surface area contributed by atoms with Crippen molar-refractivity contribution in [3.8, 4) is 0 Å². The summed E-state index contributed by atoms with van der Waals surface area (Å²) in [6.45, 7) is 3.65. The van der Waals surface area contributed by atoms with Crippen LogP contribution < -0.4 is 5.32 Å². The topological polar surface area (TPSA) is 29.1 Å². The first-order chi connectivity index (χ1) is 5.33. The molecule has 0 aromatic heterocycles. The molecule has 2 heteroatoms. The van der Waals surface area contributed by atoms with E-state index < -0.39 is 0 Å². The molecule has 1 saturated heterocycles. The normalized spacial score (nSPS) is 24.4. The van der Waals surface area contributed by atoms with Gasteiger partial charge in [0.05, 0.1) is 0 Å². The van der Waals surface area contributed by atoms with Gasteiger partial charge in [0.15, 0.2) is 0 Å². The van der Waals surface area contributed by atoms with Crippen LogP contribution in [0, 0.1) is 0 Å². The second kappa shape index (κ2) is 4.16. The number of carbonyl (C=O) groups excluding carboxylic acids is 1. The van der Waals surface area contributed by atoms with Gasteiger partial charge in [-0.05, 0) is 25.7 Å². The molecule has 62 valence electrons. The standard InChI is InChI=1S/C9H15NO/c1-2-3-5-8-6-4-7-9(11)10-8/h2,8H,1,3-7H2,(H,10,11). The highest BCUT2D eigenvalue weighted by molar-refractivity contribution is 5.76. The summed E-state index contributed by atoms with van der Waals surface area (Å²) in [6.07, 6.45) is 6.86. The Morgan fingerprint density at radius 1 is 1.73 bits per heavy atom. The van der Waals surface area contributed by atoms with Gasteiger partial charge in [-0.25, -0.2) is 0 Å². The maximum Gasteiger partial charge on any atom is 0.220 e. The molecule has 11 heavy (non-hydrogen) atoms. The first-order valence-corrected chi connectivity index (χ1v) is 4.23. The molecule has 0 radical (unpaired) electrons. The Morgan fingerprint density at radius 2 is 2.55 bits per heavy atom. The molecule has 0 aromatic rings. The Kier molecular flexibility index (Phi) is 3.14. The third-order valence-corrected chi connectivity index (χ3v) is 2.04. The zero-order valence-electron chi connectivity index (χ0n) is 6.81. The molecule has 1 amide bonds. The van der Waals surface area contributed by atoms with Crippen molar-refractivity contribution in [3.63, 3.8) is 0 Å². The number of hydrogen-bond donors (Lipinski definition) is 1. The van der Waals surface area contributed by atoms with Crippen LogP contribution >= 0.6 is 0 Å². The van der Waals surface area contributed by atoms with Gasteiger partial charge in [0.1, 0.15) is 0 Å². The minimum absolute atomic E-state index is 0.213. The third kappa shape index (κ3) is 2.74. The zero-order chi connectivity index (χ0) is 8.10. The van der Waals surface area contributed by atoms with Crippen LogP contribution in [-0.4, -0.2) is 11.9 Å². The van der Waals surface area contributed by atoms with Gasteiger partial charge in [-0.3, -0.25) is 4.79 Å². The van der Waals surface area contributed by atoms with E-state index in [9.17, 15) is 4.79 Å². The minimum atomic E-state index is 0.213. The summed E-state index contributed by atoms with van der Waals surface area (Å²) >= 11 is 0. The maximum atomic E-state index is 10.9. The Bertz CT molecular complexity index is 154. The largest absolute Gasteiger partial charge is 0.353 e. The van der Waals surface area contributed by atoms with Crippen LogP contribution in [0.15, 0.2) is 12.7 Å². The highest BCUT2D eigenvalue weighted by atomic mass is 16.1. The summed E-state index contributed by atoms with van der Waals surface area (Å²) in [4.78, 5) is 10.9. The van der Waals surface area contributed by atoms with Crippen LogP contribution in [0.3, 0.4) is 0 Å². The Balaban J connectivity index is 2.22. The van der Waals surface area contributed by atoms with Crippen LogP contribution in [-0.2, 0) is 4.79 Å². The molecule has 2 nitrogen and oxygen atoms in total. The van der Waals surface area contributed by atoms with E-state index in [1.807, 2.05) is 6.08 Å². The molecule has 1 rings (SSSR count). The van der Waals surface area contributed by atoms with E-state index in [0.29, 0.717) is 12.5 Å². The van der Waals surface area contributed by atoms with Gasteiger partial charge in [-0.15, -0.1) is 6.58 Å². The second-order valence-corrected chi connectivity index (χ2v) is 3.02.